The largest absolute Gasteiger partial charge is 0.359 e. The molecule has 0 bridgehead atoms. The van der Waals surface area contributed by atoms with Gasteiger partial charge in [0.05, 0.1) is 10.9 Å². The van der Waals surface area contributed by atoms with Crippen molar-refractivity contribution < 1.29 is 13.2 Å². The van der Waals surface area contributed by atoms with Crippen LogP contribution in [0.25, 0.3) is 0 Å². The van der Waals surface area contributed by atoms with Crippen LogP contribution in [0, 0.1) is 0 Å². The SMILES string of the molecule is CNC(=O)CC(NS(=O)(=O)c1ccc(Br)cc1)c1ccccc1. The quantitative estimate of drug-likeness (QED) is 0.787. The number of hydrogen-bond donors (Lipinski definition) is 2. The van der Waals surface area contributed by atoms with E-state index >= 15 is 0 Å². The lowest BCUT2D eigenvalue weighted by molar-refractivity contribution is -0.121. The van der Waals surface area contributed by atoms with Gasteiger partial charge in [0.25, 0.3) is 0 Å². The van der Waals surface area contributed by atoms with E-state index in [4.69, 9.17) is 0 Å². The summed E-state index contributed by atoms with van der Waals surface area (Å²) in [5, 5.41) is 2.52. The van der Waals surface area contributed by atoms with E-state index in [0.717, 1.165) is 10.0 Å². The fraction of sp³-hybridized carbons (Fsp3) is 0.188. The molecule has 0 aliphatic heterocycles. The van der Waals surface area contributed by atoms with Crippen LogP contribution in [-0.4, -0.2) is 21.4 Å². The minimum atomic E-state index is -3.73. The Morgan fingerprint density at radius 1 is 1.09 bits per heavy atom. The van der Waals surface area contributed by atoms with Crippen LogP contribution < -0.4 is 10.0 Å². The molecule has 1 amide bonds. The summed E-state index contributed by atoms with van der Waals surface area (Å²) in [6.45, 7) is 0. The van der Waals surface area contributed by atoms with Gasteiger partial charge in [-0.3, -0.25) is 4.79 Å². The molecule has 0 radical (unpaired) electrons. The number of hydrogen-bond acceptors (Lipinski definition) is 3. The van der Waals surface area contributed by atoms with Crippen LogP contribution in [0.1, 0.15) is 18.0 Å². The van der Waals surface area contributed by atoms with Crippen molar-refractivity contribution in [3.63, 3.8) is 0 Å². The summed E-state index contributed by atoms with van der Waals surface area (Å²) in [4.78, 5) is 11.9. The minimum absolute atomic E-state index is 0.0241. The first-order valence-electron chi connectivity index (χ1n) is 6.96. The van der Waals surface area contributed by atoms with E-state index < -0.39 is 16.1 Å². The normalized spacial score (nSPS) is 12.6. The monoisotopic (exact) mass is 396 g/mol. The molecule has 2 aromatic rings. The first kappa shape index (κ1) is 17.7. The number of carbonyl (C=O) groups is 1. The molecule has 0 spiro atoms. The van der Waals surface area contributed by atoms with Gasteiger partial charge in [-0.05, 0) is 29.8 Å². The van der Waals surface area contributed by atoms with Crippen LogP contribution in [0.3, 0.4) is 0 Å². The molecule has 0 saturated heterocycles. The van der Waals surface area contributed by atoms with Crippen molar-refractivity contribution in [2.24, 2.45) is 0 Å². The van der Waals surface area contributed by atoms with Gasteiger partial charge in [0, 0.05) is 17.9 Å². The molecule has 2 N–H and O–H groups in total. The van der Waals surface area contributed by atoms with Crippen LogP contribution in [0.2, 0.25) is 0 Å². The molecule has 0 aromatic heterocycles. The van der Waals surface area contributed by atoms with Gasteiger partial charge < -0.3 is 5.32 Å². The Bertz CT molecular complexity index is 762. The summed E-state index contributed by atoms with van der Waals surface area (Å²) in [6.07, 6.45) is 0.0241. The molecule has 122 valence electrons. The van der Waals surface area contributed by atoms with Crippen LogP contribution in [0.15, 0.2) is 64.0 Å². The summed E-state index contributed by atoms with van der Waals surface area (Å²) in [7, 11) is -2.21. The first-order valence-corrected chi connectivity index (χ1v) is 9.23. The molecule has 0 saturated carbocycles. The number of benzene rings is 2. The second kappa shape index (κ2) is 7.72. The van der Waals surface area contributed by atoms with Crippen molar-refractivity contribution in [3.8, 4) is 0 Å². The highest BCUT2D eigenvalue weighted by Gasteiger charge is 2.23. The van der Waals surface area contributed by atoms with E-state index in [9.17, 15) is 13.2 Å². The van der Waals surface area contributed by atoms with E-state index in [0.29, 0.717) is 0 Å². The zero-order valence-corrected chi connectivity index (χ0v) is 14.9. The van der Waals surface area contributed by atoms with Crippen LogP contribution in [-0.2, 0) is 14.8 Å². The smallest absolute Gasteiger partial charge is 0.241 e. The summed E-state index contributed by atoms with van der Waals surface area (Å²) in [6, 6.07) is 14.7. The van der Waals surface area contributed by atoms with Crippen LogP contribution >= 0.6 is 15.9 Å². The Balaban J connectivity index is 2.29. The van der Waals surface area contributed by atoms with Crippen molar-refractivity contribution in [2.45, 2.75) is 17.4 Å². The molecule has 0 fully saturated rings. The predicted octanol–water partition coefficient (Wildman–Crippen LogP) is 2.60. The summed E-state index contributed by atoms with van der Waals surface area (Å²) in [5.74, 6) is -0.239. The first-order chi connectivity index (χ1) is 10.9. The van der Waals surface area contributed by atoms with Crippen LogP contribution in [0.5, 0.6) is 0 Å². The molecule has 2 aromatic carbocycles. The predicted molar refractivity (Wildman–Crippen MR) is 92.3 cm³/mol. The lowest BCUT2D eigenvalue weighted by atomic mass is 10.0. The molecule has 7 heteroatoms. The number of carbonyl (C=O) groups excluding carboxylic acids is 1. The maximum absolute atomic E-state index is 12.5. The molecular weight excluding hydrogens is 380 g/mol. The number of halogens is 1. The Kier molecular flexibility index (Phi) is 5.92. The van der Waals surface area contributed by atoms with Gasteiger partial charge >= 0.3 is 0 Å². The highest BCUT2D eigenvalue weighted by atomic mass is 79.9. The molecule has 1 unspecified atom stereocenters. The minimum Gasteiger partial charge on any atom is -0.359 e. The van der Waals surface area contributed by atoms with E-state index in [1.807, 2.05) is 6.07 Å². The van der Waals surface area contributed by atoms with E-state index in [2.05, 4.69) is 26.0 Å². The highest BCUT2D eigenvalue weighted by Crippen LogP contribution is 2.21. The average Bonchev–Trinajstić information content (AvgIpc) is 2.55. The Labute approximate surface area is 144 Å². The van der Waals surface area contributed by atoms with Gasteiger partial charge in [0.2, 0.25) is 15.9 Å². The van der Waals surface area contributed by atoms with Crippen molar-refractivity contribution in [3.05, 3.63) is 64.6 Å². The lowest BCUT2D eigenvalue weighted by Gasteiger charge is -2.18. The van der Waals surface area contributed by atoms with E-state index in [1.165, 1.54) is 19.2 Å². The zero-order valence-electron chi connectivity index (χ0n) is 12.5. The Morgan fingerprint density at radius 3 is 2.26 bits per heavy atom. The molecule has 2 rings (SSSR count). The maximum atomic E-state index is 12.5. The van der Waals surface area contributed by atoms with E-state index in [-0.39, 0.29) is 17.2 Å². The highest BCUT2D eigenvalue weighted by molar-refractivity contribution is 9.10. The number of sulfonamides is 1. The summed E-state index contributed by atoms with van der Waals surface area (Å²) >= 11 is 3.27. The lowest BCUT2D eigenvalue weighted by Crippen LogP contribution is -2.32. The third-order valence-corrected chi connectivity index (χ3v) is 5.31. The van der Waals surface area contributed by atoms with Gasteiger partial charge in [-0.1, -0.05) is 46.3 Å². The van der Waals surface area contributed by atoms with Crippen molar-refractivity contribution in [2.75, 3.05) is 7.05 Å². The Hall–Kier alpha value is -1.70. The van der Waals surface area contributed by atoms with Gasteiger partial charge in [0.15, 0.2) is 0 Å². The second-order valence-corrected chi connectivity index (χ2v) is 7.55. The Morgan fingerprint density at radius 2 is 1.70 bits per heavy atom. The third-order valence-electron chi connectivity index (χ3n) is 3.29. The maximum Gasteiger partial charge on any atom is 0.241 e. The van der Waals surface area contributed by atoms with E-state index in [1.54, 1.807) is 36.4 Å². The molecule has 1 atom stereocenters. The fourth-order valence-electron chi connectivity index (χ4n) is 2.07. The standard InChI is InChI=1S/C16H17BrN2O3S/c1-18-16(20)11-15(12-5-3-2-4-6-12)19-23(21,22)14-9-7-13(17)8-10-14/h2-10,15,19H,11H2,1H3,(H,18,20). The number of nitrogens with one attached hydrogen (secondary N) is 2. The zero-order chi connectivity index (χ0) is 16.9. The molecular formula is C16H17BrN2O3S. The van der Waals surface area contributed by atoms with Gasteiger partial charge in [-0.15, -0.1) is 0 Å². The van der Waals surface area contributed by atoms with Crippen molar-refractivity contribution in [1.29, 1.82) is 0 Å². The molecule has 23 heavy (non-hydrogen) atoms. The summed E-state index contributed by atoms with van der Waals surface area (Å²) in [5.41, 5.74) is 0.733. The van der Waals surface area contributed by atoms with Gasteiger partial charge in [-0.2, -0.15) is 0 Å². The molecule has 0 heterocycles. The topological polar surface area (TPSA) is 75.3 Å². The number of rotatable bonds is 6. The third kappa shape index (κ3) is 4.89. The average molecular weight is 397 g/mol. The molecule has 0 aliphatic carbocycles. The van der Waals surface area contributed by atoms with Crippen LogP contribution in [0.4, 0.5) is 0 Å². The molecule has 0 aliphatic rings. The van der Waals surface area contributed by atoms with Gasteiger partial charge in [0.1, 0.15) is 0 Å². The van der Waals surface area contributed by atoms with Crippen molar-refractivity contribution in [1.82, 2.24) is 10.0 Å². The fourth-order valence-corrected chi connectivity index (χ4v) is 3.56. The summed E-state index contributed by atoms with van der Waals surface area (Å²) < 4.78 is 28.5. The van der Waals surface area contributed by atoms with Gasteiger partial charge in [-0.25, -0.2) is 13.1 Å². The van der Waals surface area contributed by atoms with Crippen molar-refractivity contribution >= 4 is 31.9 Å². The number of amides is 1. The molecule has 5 nitrogen and oxygen atoms in total. The second-order valence-electron chi connectivity index (χ2n) is 4.92.